The third-order valence-electron chi connectivity index (χ3n) is 2.31. The second-order valence-corrected chi connectivity index (χ2v) is 7.83. The van der Waals surface area contributed by atoms with E-state index in [1.54, 1.807) is 24.3 Å². The predicted molar refractivity (Wildman–Crippen MR) is 79.2 cm³/mol. The van der Waals surface area contributed by atoms with Crippen molar-refractivity contribution in [1.82, 2.24) is 4.72 Å². The molecular weight excluding hydrogens is 332 g/mol. The Hall–Kier alpha value is -1.67. The predicted octanol–water partition coefficient (Wildman–Crippen LogP) is -0.167. The van der Waals surface area contributed by atoms with Crippen LogP contribution in [0.25, 0.3) is 0 Å². The molecule has 0 aromatic heterocycles. The van der Waals surface area contributed by atoms with Crippen molar-refractivity contribution >= 4 is 20.1 Å². The van der Waals surface area contributed by atoms with Crippen LogP contribution in [-0.2, 0) is 24.3 Å². The van der Waals surface area contributed by atoms with Gasteiger partial charge in [-0.05, 0) is 24.3 Å². The summed E-state index contributed by atoms with van der Waals surface area (Å²) in [6.45, 7) is -0.441. The van der Waals surface area contributed by atoms with Crippen LogP contribution < -0.4 is 9.46 Å². The Balaban J connectivity index is 2.29. The lowest BCUT2D eigenvalue weighted by Gasteiger charge is -2.08. The molecule has 1 aromatic rings. The summed E-state index contributed by atoms with van der Waals surface area (Å²) in [5.41, 5.74) is 0.490. The van der Waals surface area contributed by atoms with E-state index in [-0.39, 0.29) is 19.8 Å². The van der Waals surface area contributed by atoms with E-state index < -0.39 is 25.9 Å². The molecule has 1 aromatic carbocycles. The maximum absolute atomic E-state index is 11.5. The van der Waals surface area contributed by atoms with Gasteiger partial charge in [-0.15, -0.1) is 0 Å². The van der Waals surface area contributed by atoms with Crippen LogP contribution >= 0.6 is 0 Å². The highest BCUT2D eigenvalue weighted by Gasteiger charge is 2.12. The Morgan fingerprint density at radius 1 is 1.14 bits per heavy atom. The van der Waals surface area contributed by atoms with E-state index in [0.29, 0.717) is 11.3 Å². The van der Waals surface area contributed by atoms with Crippen molar-refractivity contribution in [2.45, 2.75) is 0 Å². The molecular formula is C12H16N2O6S2. The molecule has 0 amide bonds. The molecule has 0 heterocycles. The fourth-order valence-electron chi connectivity index (χ4n) is 1.36. The van der Waals surface area contributed by atoms with Crippen LogP contribution in [0.5, 0.6) is 5.75 Å². The lowest BCUT2D eigenvalue weighted by Crippen LogP contribution is -2.29. The quantitative estimate of drug-likeness (QED) is 0.485. The average Bonchev–Trinajstić information content (AvgIpc) is 2.42. The van der Waals surface area contributed by atoms with E-state index in [2.05, 4.69) is 8.91 Å². The minimum absolute atomic E-state index is 0.00460. The molecule has 10 heteroatoms. The van der Waals surface area contributed by atoms with E-state index in [0.717, 1.165) is 6.26 Å². The van der Waals surface area contributed by atoms with Crippen molar-refractivity contribution in [1.29, 1.82) is 5.26 Å². The van der Waals surface area contributed by atoms with Crippen molar-refractivity contribution in [3.8, 4) is 11.8 Å². The average molecular weight is 348 g/mol. The van der Waals surface area contributed by atoms with Crippen LogP contribution in [-0.4, -0.2) is 48.6 Å². The van der Waals surface area contributed by atoms with Crippen molar-refractivity contribution in [3.63, 3.8) is 0 Å². The summed E-state index contributed by atoms with van der Waals surface area (Å²) in [6.07, 6.45) is 0.936. The Morgan fingerprint density at radius 3 is 2.32 bits per heavy atom. The smallest absolute Gasteiger partial charge is 0.268 e. The Bertz CT molecular complexity index is 720. The molecule has 122 valence electrons. The highest BCUT2D eigenvalue weighted by molar-refractivity contribution is 7.89. The van der Waals surface area contributed by atoms with Gasteiger partial charge in [0.2, 0.25) is 10.0 Å². The molecule has 0 aliphatic heterocycles. The molecule has 0 radical (unpaired) electrons. The molecule has 0 bridgehead atoms. The molecule has 0 spiro atoms. The molecule has 0 atom stereocenters. The van der Waals surface area contributed by atoms with Gasteiger partial charge in [0.25, 0.3) is 10.1 Å². The first-order valence-corrected chi connectivity index (χ1v) is 9.63. The summed E-state index contributed by atoms with van der Waals surface area (Å²) < 4.78 is 56.5. The van der Waals surface area contributed by atoms with E-state index in [1.807, 2.05) is 6.07 Å². The lowest BCUT2D eigenvalue weighted by molar-refractivity contribution is 0.221. The molecule has 0 saturated carbocycles. The molecule has 0 aliphatic carbocycles. The summed E-state index contributed by atoms with van der Waals surface area (Å²) in [4.78, 5) is 0. The molecule has 0 unspecified atom stereocenters. The highest BCUT2D eigenvalue weighted by atomic mass is 32.2. The third-order valence-corrected chi connectivity index (χ3v) is 4.27. The van der Waals surface area contributed by atoms with Gasteiger partial charge in [-0.25, -0.2) is 13.1 Å². The fraction of sp³-hybridized carbons (Fsp3) is 0.417. The van der Waals surface area contributed by atoms with Crippen molar-refractivity contribution < 1.29 is 25.8 Å². The van der Waals surface area contributed by atoms with Crippen LogP contribution in [0.4, 0.5) is 0 Å². The number of benzene rings is 1. The largest absolute Gasteiger partial charge is 0.491 e. The minimum Gasteiger partial charge on any atom is -0.491 e. The summed E-state index contributed by atoms with van der Waals surface area (Å²) in [6, 6.07) is 8.28. The van der Waals surface area contributed by atoms with Crippen molar-refractivity contribution in [2.75, 3.05) is 31.8 Å². The summed E-state index contributed by atoms with van der Waals surface area (Å²) in [5.74, 6) is 0.0236. The number of hydrogen-bond acceptors (Lipinski definition) is 7. The maximum Gasteiger partial charge on any atom is 0.268 e. The molecule has 0 saturated heterocycles. The maximum atomic E-state index is 11.5. The van der Waals surface area contributed by atoms with Gasteiger partial charge in [0.1, 0.15) is 19.0 Å². The van der Waals surface area contributed by atoms with Gasteiger partial charge in [-0.3, -0.25) is 4.18 Å². The molecule has 22 heavy (non-hydrogen) atoms. The van der Waals surface area contributed by atoms with Gasteiger partial charge in [0, 0.05) is 6.54 Å². The Labute approximate surface area is 129 Å². The van der Waals surface area contributed by atoms with Crippen LogP contribution in [0.3, 0.4) is 0 Å². The first-order valence-electron chi connectivity index (χ1n) is 6.16. The Morgan fingerprint density at radius 2 is 1.77 bits per heavy atom. The second kappa shape index (κ2) is 8.09. The monoisotopic (exact) mass is 348 g/mol. The van der Waals surface area contributed by atoms with Crippen molar-refractivity contribution in [2.24, 2.45) is 0 Å². The van der Waals surface area contributed by atoms with Gasteiger partial charge < -0.3 is 4.74 Å². The summed E-state index contributed by atoms with van der Waals surface area (Å²) in [5, 5.41) is 8.63. The van der Waals surface area contributed by atoms with Gasteiger partial charge >= 0.3 is 0 Å². The van der Waals surface area contributed by atoms with E-state index in [4.69, 9.17) is 10.00 Å². The number of hydrogen-bond donors (Lipinski definition) is 1. The van der Waals surface area contributed by atoms with Gasteiger partial charge in [0.15, 0.2) is 0 Å². The highest BCUT2D eigenvalue weighted by Crippen LogP contribution is 2.11. The van der Waals surface area contributed by atoms with Gasteiger partial charge in [0.05, 0.1) is 23.6 Å². The number of sulfonamides is 1. The molecule has 1 N–H and O–H groups in total. The van der Waals surface area contributed by atoms with Crippen LogP contribution in [0.15, 0.2) is 24.3 Å². The summed E-state index contributed by atoms with van der Waals surface area (Å²) >= 11 is 0. The molecule has 0 fully saturated rings. The third kappa shape index (κ3) is 7.94. The van der Waals surface area contributed by atoms with Crippen LogP contribution in [0.2, 0.25) is 0 Å². The zero-order valence-corrected chi connectivity index (χ0v) is 13.5. The normalized spacial score (nSPS) is 11.8. The van der Waals surface area contributed by atoms with Gasteiger partial charge in [-0.1, -0.05) is 0 Å². The van der Waals surface area contributed by atoms with E-state index in [9.17, 15) is 16.8 Å². The number of rotatable bonds is 9. The molecule has 0 aliphatic rings. The SMILES string of the molecule is CS(=O)(=O)NCCS(=O)(=O)OCCOc1ccc(C#N)cc1. The first-order chi connectivity index (χ1) is 10.2. The van der Waals surface area contributed by atoms with Crippen molar-refractivity contribution in [3.05, 3.63) is 29.8 Å². The minimum atomic E-state index is -3.82. The van der Waals surface area contributed by atoms with Crippen LogP contribution in [0, 0.1) is 11.3 Å². The van der Waals surface area contributed by atoms with E-state index in [1.165, 1.54) is 0 Å². The first kappa shape index (κ1) is 18.4. The number of nitriles is 1. The number of nitrogens with one attached hydrogen (secondary N) is 1. The molecule has 1 rings (SSSR count). The van der Waals surface area contributed by atoms with E-state index >= 15 is 0 Å². The van der Waals surface area contributed by atoms with Gasteiger partial charge in [-0.2, -0.15) is 13.7 Å². The molecule has 8 nitrogen and oxygen atoms in total. The summed E-state index contributed by atoms with van der Waals surface area (Å²) in [7, 11) is -7.25. The number of ether oxygens (including phenoxy) is 1. The Kier molecular flexibility index (Phi) is 6.76. The zero-order valence-electron chi connectivity index (χ0n) is 11.9. The lowest BCUT2D eigenvalue weighted by atomic mass is 10.2. The fourth-order valence-corrected chi connectivity index (χ4v) is 2.75. The zero-order chi connectivity index (χ0) is 16.6. The van der Waals surface area contributed by atoms with Crippen LogP contribution in [0.1, 0.15) is 5.56 Å². The second-order valence-electron chi connectivity index (χ2n) is 4.23. The standard InChI is InChI=1S/C12H16N2O6S2/c1-21(15,16)14-6-9-22(17,18)20-8-7-19-12-4-2-11(10-13)3-5-12/h2-5,14H,6-9H2,1H3. The number of nitrogens with zero attached hydrogens (tertiary/aromatic N) is 1. The topological polar surface area (TPSA) is 123 Å².